The average Bonchev–Trinajstić information content (AvgIpc) is 2.03. The first kappa shape index (κ1) is 9.60. The van der Waals surface area contributed by atoms with Crippen molar-refractivity contribution < 1.29 is 0 Å². The van der Waals surface area contributed by atoms with Gasteiger partial charge in [-0.3, -0.25) is 0 Å². The van der Waals surface area contributed by atoms with E-state index in [0.717, 1.165) is 6.42 Å². The molecule has 0 saturated heterocycles. The largest absolute Gasteiger partial charge is 0.326 e. The molecule has 0 aliphatic heterocycles. The van der Waals surface area contributed by atoms with Crippen LogP contribution in [-0.4, -0.2) is 6.54 Å². The Labute approximate surface area is 67.2 Å². The molecule has 0 spiro atoms. The number of hydrogen-bond acceptors (Lipinski definition) is 1. The van der Waals surface area contributed by atoms with E-state index in [1.54, 1.807) is 6.08 Å². The zero-order valence-corrected chi connectivity index (χ0v) is 6.65. The minimum absolute atomic E-state index is 0.475. The van der Waals surface area contributed by atoms with E-state index < -0.39 is 0 Å². The second-order valence-electron chi connectivity index (χ2n) is 1.72. The lowest BCUT2D eigenvalue weighted by atomic mass is 10.5. The number of rotatable bonds is 2. The molecule has 0 aliphatic carbocycles. The van der Waals surface area contributed by atoms with Gasteiger partial charge in [0.1, 0.15) is 0 Å². The Kier molecular flexibility index (Phi) is 7.51. The highest BCUT2D eigenvalue weighted by atomic mass is 14.5. The van der Waals surface area contributed by atoms with Crippen molar-refractivity contribution in [1.82, 2.24) is 0 Å². The summed E-state index contributed by atoms with van der Waals surface area (Å²) >= 11 is 0. The van der Waals surface area contributed by atoms with Crippen molar-refractivity contribution in [3.8, 4) is 0 Å². The molecule has 0 heterocycles. The molecule has 0 aromatic rings. The van der Waals surface area contributed by atoms with E-state index >= 15 is 0 Å². The Bertz CT molecular complexity index is 253. The van der Waals surface area contributed by atoms with Crippen molar-refractivity contribution in [2.24, 2.45) is 5.73 Å². The van der Waals surface area contributed by atoms with Crippen LogP contribution in [0.25, 0.3) is 0 Å². The third-order valence-electron chi connectivity index (χ3n) is 0.795. The zero-order chi connectivity index (χ0) is 8.36. The van der Waals surface area contributed by atoms with Gasteiger partial charge >= 0.3 is 0 Å². The lowest BCUT2D eigenvalue weighted by molar-refractivity contribution is 1.23. The van der Waals surface area contributed by atoms with Crippen LogP contribution in [0.2, 0.25) is 0 Å². The molecule has 0 atom stereocenters. The lowest BCUT2D eigenvalue weighted by Crippen LogP contribution is -1.90. The molecule has 2 N–H and O–H groups in total. The molecular weight excluding hydrogens is 134 g/mol. The fourth-order valence-corrected chi connectivity index (χ4v) is 0.366. The van der Waals surface area contributed by atoms with Gasteiger partial charge in [-0.05, 0) is 35.8 Å². The molecule has 0 aromatic heterocycles. The van der Waals surface area contributed by atoms with Crippen molar-refractivity contribution in [2.45, 2.75) is 13.3 Å². The Morgan fingerprint density at radius 3 is 2.27 bits per heavy atom. The standard InChI is InChI=1S/C10H11N/c1-2-3-4-5-6-7-8-9-10-11/h3,9H,2,10-11H2,1H3. The van der Waals surface area contributed by atoms with Crippen LogP contribution in [0, 0.1) is 0 Å². The molecule has 0 saturated carbocycles. The van der Waals surface area contributed by atoms with Crippen LogP contribution in [0.4, 0.5) is 0 Å². The van der Waals surface area contributed by atoms with Crippen LogP contribution in [0.3, 0.4) is 0 Å². The molecular formula is C10H11N. The highest BCUT2D eigenvalue weighted by Gasteiger charge is 1.53. The van der Waals surface area contributed by atoms with Crippen molar-refractivity contribution in [3.63, 3.8) is 0 Å². The monoisotopic (exact) mass is 145 g/mol. The number of allylic oxidation sites excluding steroid dienone is 1. The topological polar surface area (TPSA) is 26.0 Å². The van der Waals surface area contributed by atoms with Gasteiger partial charge in [0.05, 0.1) is 0 Å². The van der Waals surface area contributed by atoms with Gasteiger partial charge in [-0.2, -0.15) is 0 Å². The van der Waals surface area contributed by atoms with E-state index in [1.807, 2.05) is 13.0 Å². The van der Waals surface area contributed by atoms with Crippen LogP contribution in [0.5, 0.6) is 0 Å². The summed E-state index contributed by atoms with van der Waals surface area (Å²) in [5.74, 6) is 0. The predicted octanol–water partition coefficient (Wildman–Crippen LogP) is 1.69. The Hall–Kier alpha value is -1.40. The van der Waals surface area contributed by atoms with E-state index in [4.69, 9.17) is 5.73 Å². The van der Waals surface area contributed by atoms with Gasteiger partial charge in [-0.25, -0.2) is 0 Å². The third kappa shape index (κ3) is 8.60. The summed E-state index contributed by atoms with van der Waals surface area (Å²) in [4.78, 5) is 0. The van der Waals surface area contributed by atoms with Crippen LogP contribution in [0.1, 0.15) is 13.3 Å². The van der Waals surface area contributed by atoms with E-state index in [2.05, 4.69) is 28.7 Å². The smallest absolute Gasteiger partial charge is 0.0189 e. The van der Waals surface area contributed by atoms with Crippen LogP contribution < -0.4 is 5.73 Å². The van der Waals surface area contributed by atoms with E-state index in [1.165, 1.54) is 0 Å². The molecule has 0 unspecified atom stereocenters. The molecule has 1 heteroatoms. The van der Waals surface area contributed by atoms with Gasteiger partial charge < -0.3 is 5.73 Å². The van der Waals surface area contributed by atoms with Crippen LogP contribution >= 0.6 is 0 Å². The fourth-order valence-electron chi connectivity index (χ4n) is 0.366. The van der Waals surface area contributed by atoms with Crippen molar-refractivity contribution in [1.29, 1.82) is 0 Å². The molecule has 0 fully saturated rings. The molecule has 0 aromatic carbocycles. The summed E-state index contributed by atoms with van der Waals surface area (Å²) in [6, 6.07) is 0. The Balaban J connectivity index is 4.45. The molecule has 1 nitrogen and oxygen atoms in total. The van der Waals surface area contributed by atoms with Gasteiger partial charge in [0, 0.05) is 6.54 Å². The predicted molar refractivity (Wildman–Crippen MR) is 46.1 cm³/mol. The van der Waals surface area contributed by atoms with E-state index in [0.29, 0.717) is 6.54 Å². The minimum Gasteiger partial charge on any atom is -0.326 e. The quantitative estimate of drug-likeness (QED) is 0.588. The van der Waals surface area contributed by atoms with Gasteiger partial charge in [-0.15, -0.1) is 0 Å². The second-order valence-corrected chi connectivity index (χ2v) is 1.72. The maximum absolute atomic E-state index is 5.16. The zero-order valence-electron chi connectivity index (χ0n) is 6.65. The van der Waals surface area contributed by atoms with Gasteiger partial charge in [-0.1, -0.05) is 18.4 Å². The molecule has 56 valence electrons. The number of hydrogen-bond donors (Lipinski definition) is 1. The summed E-state index contributed by atoms with van der Waals surface area (Å²) < 4.78 is 0. The van der Waals surface area contributed by atoms with Gasteiger partial charge in [0.15, 0.2) is 0 Å². The van der Waals surface area contributed by atoms with Crippen LogP contribution in [0.15, 0.2) is 40.8 Å². The van der Waals surface area contributed by atoms with Crippen LogP contribution in [-0.2, 0) is 0 Å². The molecule has 0 radical (unpaired) electrons. The molecule has 0 aliphatic rings. The lowest BCUT2D eigenvalue weighted by Gasteiger charge is -1.62. The summed E-state index contributed by atoms with van der Waals surface area (Å²) in [7, 11) is 0. The highest BCUT2D eigenvalue weighted by Crippen LogP contribution is 1.71. The molecule has 0 amide bonds. The molecule has 0 rings (SSSR count). The third-order valence-corrected chi connectivity index (χ3v) is 0.795. The minimum atomic E-state index is 0.475. The summed E-state index contributed by atoms with van der Waals surface area (Å²) in [5.41, 5.74) is 18.5. The summed E-state index contributed by atoms with van der Waals surface area (Å²) in [6.07, 6.45) is 4.48. The molecule has 0 bridgehead atoms. The van der Waals surface area contributed by atoms with Crippen molar-refractivity contribution in [3.05, 3.63) is 40.8 Å². The Morgan fingerprint density at radius 1 is 1.09 bits per heavy atom. The average molecular weight is 145 g/mol. The van der Waals surface area contributed by atoms with Crippen molar-refractivity contribution >= 4 is 0 Å². The summed E-state index contributed by atoms with van der Waals surface area (Å²) in [5, 5.41) is 0. The molecule has 11 heavy (non-hydrogen) atoms. The van der Waals surface area contributed by atoms with E-state index in [9.17, 15) is 0 Å². The Morgan fingerprint density at radius 2 is 1.73 bits per heavy atom. The maximum Gasteiger partial charge on any atom is 0.0189 e. The van der Waals surface area contributed by atoms with E-state index in [-0.39, 0.29) is 0 Å². The van der Waals surface area contributed by atoms with Crippen molar-refractivity contribution in [2.75, 3.05) is 6.54 Å². The van der Waals surface area contributed by atoms with Gasteiger partial charge in [0.2, 0.25) is 0 Å². The second kappa shape index (κ2) is 8.60. The normalized spacial score (nSPS) is 6.00. The van der Waals surface area contributed by atoms with Gasteiger partial charge in [0.25, 0.3) is 0 Å². The summed E-state index contributed by atoms with van der Waals surface area (Å²) in [6.45, 7) is 2.51. The SMILES string of the molecule is CCC=C=C=C=C=C=CCN. The maximum atomic E-state index is 5.16. The first-order valence-corrected chi connectivity index (χ1v) is 3.51. The highest BCUT2D eigenvalue weighted by molar-refractivity contribution is 4.89. The number of nitrogens with two attached hydrogens (primary N) is 1. The first-order chi connectivity index (χ1) is 5.41. The fraction of sp³-hybridized carbons (Fsp3) is 0.300. The first-order valence-electron chi connectivity index (χ1n) is 3.51.